The minimum absolute atomic E-state index is 0.164. The van der Waals surface area contributed by atoms with Gasteiger partial charge in [-0.05, 0) is 55.8 Å². The first-order valence-electron chi connectivity index (χ1n) is 11.9. The Kier molecular flexibility index (Phi) is 7.21. The van der Waals surface area contributed by atoms with Crippen LogP contribution in [0.2, 0.25) is 0 Å². The summed E-state index contributed by atoms with van der Waals surface area (Å²) in [6.07, 6.45) is 3.62. The molecule has 5 rings (SSSR count). The number of aromatic nitrogens is 2. The fraction of sp³-hybridized carbons (Fsp3) is 0.138. The number of benzene rings is 3. The molecule has 0 saturated carbocycles. The van der Waals surface area contributed by atoms with Crippen molar-refractivity contribution in [1.29, 1.82) is 0 Å². The molecule has 2 heterocycles. The molecule has 0 N–H and O–H groups in total. The van der Waals surface area contributed by atoms with Gasteiger partial charge < -0.3 is 4.74 Å². The van der Waals surface area contributed by atoms with Gasteiger partial charge in [-0.15, -0.1) is 0 Å². The second kappa shape index (κ2) is 10.7. The Labute approximate surface area is 224 Å². The average Bonchev–Trinajstić information content (AvgIpc) is 3.46. The molecule has 0 aliphatic carbocycles. The highest BCUT2D eigenvalue weighted by Crippen LogP contribution is 2.39. The maximum absolute atomic E-state index is 14.7. The first-order chi connectivity index (χ1) is 18.0. The summed E-state index contributed by atoms with van der Waals surface area (Å²) in [5.41, 5.74) is 3.66. The van der Waals surface area contributed by atoms with E-state index in [4.69, 9.17) is 22.1 Å². The van der Waals surface area contributed by atoms with Crippen molar-refractivity contribution in [1.82, 2.24) is 14.7 Å². The third-order valence-corrected chi connectivity index (χ3v) is 7.38. The Bertz CT molecular complexity index is 1490. The lowest BCUT2D eigenvalue weighted by Crippen LogP contribution is -2.30. The van der Waals surface area contributed by atoms with Crippen LogP contribution in [-0.2, 0) is 4.79 Å². The van der Waals surface area contributed by atoms with Crippen molar-refractivity contribution >= 4 is 40.3 Å². The maximum Gasteiger partial charge on any atom is 0.266 e. The van der Waals surface area contributed by atoms with E-state index in [-0.39, 0.29) is 17.7 Å². The molecule has 1 aliphatic rings. The van der Waals surface area contributed by atoms with Gasteiger partial charge in [-0.25, -0.2) is 9.07 Å². The van der Waals surface area contributed by atoms with Crippen molar-refractivity contribution in [3.63, 3.8) is 0 Å². The number of thiocarbonyl (C=S) groups is 1. The number of hydrogen-bond acceptors (Lipinski definition) is 5. The lowest BCUT2D eigenvalue weighted by atomic mass is 10.1. The number of carbonyl (C=O) groups excluding carboxylic acids is 1. The Morgan fingerprint density at radius 3 is 2.46 bits per heavy atom. The summed E-state index contributed by atoms with van der Waals surface area (Å²) in [6.45, 7) is 4.14. The van der Waals surface area contributed by atoms with Crippen molar-refractivity contribution in [2.24, 2.45) is 0 Å². The van der Waals surface area contributed by atoms with Gasteiger partial charge in [0.1, 0.15) is 10.0 Å². The Hall–Kier alpha value is -3.75. The summed E-state index contributed by atoms with van der Waals surface area (Å²) in [7, 11) is 0. The summed E-state index contributed by atoms with van der Waals surface area (Å²) in [5, 5.41) is 4.75. The molecule has 0 spiro atoms. The van der Waals surface area contributed by atoms with Crippen molar-refractivity contribution < 1.29 is 13.9 Å². The summed E-state index contributed by atoms with van der Waals surface area (Å²) in [4.78, 5) is 15.6. The number of rotatable bonds is 7. The molecule has 1 unspecified atom stereocenters. The van der Waals surface area contributed by atoms with Gasteiger partial charge in [0.15, 0.2) is 11.6 Å². The van der Waals surface area contributed by atoms with E-state index in [1.54, 1.807) is 27.8 Å². The summed E-state index contributed by atoms with van der Waals surface area (Å²) < 4.78 is 22.3. The zero-order valence-corrected chi connectivity index (χ0v) is 21.9. The van der Waals surface area contributed by atoms with Gasteiger partial charge in [0.2, 0.25) is 0 Å². The number of hydrogen-bond donors (Lipinski definition) is 0. The number of carbonyl (C=O) groups is 1. The van der Waals surface area contributed by atoms with Crippen LogP contribution in [0.1, 0.15) is 31.0 Å². The maximum atomic E-state index is 14.7. The van der Waals surface area contributed by atoms with Crippen molar-refractivity contribution in [3.05, 3.63) is 107 Å². The van der Waals surface area contributed by atoms with E-state index < -0.39 is 5.82 Å². The molecule has 1 aromatic heterocycles. The van der Waals surface area contributed by atoms with Crippen LogP contribution < -0.4 is 4.74 Å². The molecule has 0 bridgehead atoms. The quantitative estimate of drug-likeness (QED) is 0.190. The predicted molar refractivity (Wildman–Crippen MR) is 150 cm³/mol. The Morgan fingerprint density at radius 1 is 1.08 bits per heavy atom. The van der Waals surface area contributed by atoms with Gasteiger partial charge in [0.05, 0.1) is 23.2 Å². The van der Waals surface area contributed by atoms with Crippen LogP contribution in [0.4, 0.5) is 4.39 Å². The Balaban J connectivity index is 1.55. The summed E-state index contributed by atoms with van der Waals surface area (Å²) in [5.74, 6) is -0.448. The molecular formula is C29H24FN3O2S2. The van der Waals surface area contributed by atoms with E-state index in [1.807, 2.05) is 80.7 Å². The second-order valence-electron chi connectivity index (χ2n) is 8.43. The van der Waals surface area contributed by atoms with Crippen LogP contribution in [0.5, 0.6) is 5.75 Å². The van der Waals surface area contributed by atoms with Crippen molar-refractivity contribution in [3.8, 4) is 22.7 Å². The van der Waals surface area contributed by atoms with Gasteiger partial charge in [-0.2, -0.15) is 5.10 Å². The van der Waals surface area contributed by atoms with Crippen LogP contribution in [0.3, 0.4) is 0 Å². The van der Waals surface area contributed by atoms with E-state index in [9.17, 15) is 9.18 Å². The fourth-order valence-corrected chi connectivity index (χ4v) is 5.60. The minimum atomic E-state index is -0.470. The number of amides is 1. The van der Waals surface area contributed by atoms with E-state index in [2.05, 4.69) is 0 Å². The highest BCUT2D eigenvalue weighted by atomic mass is 32.2. The lowest BCUT2D eigenvalue weighted by molar-refractivity contribution is -0.123. The molecule has 1 atom stereocenters. The number of halogens is 1. The number of nitrogens with zero attached hydrogens (tertiary/aromatic N) is 3. The molecule has 37 heavy (non-hydrogen) atoms. The van der Waals surface area contributed by atoms with E-state index in [0.29, 0.717) is 32.7 Å². The molecule has 1 aliphatic heterocycles. The molecule has 1 saturated heterocycles. The molecule has 5 nitrogen and oxygen atoms in total. The zero-order valence-electron chi connectivity index (χ0n) is 20.3. The van der Waals surface area contributed by atoms with Crippen LogP contribution in [0.15, 0.2) is 90.0 Å². The summed E-state index contributed by atoms with van der Waals surface area (Å²) in [6, 6.07) is 24.0. The van der Waals surface area contributed by atoms with Gasteiger partial charge >= 0.3 is 0 Å². The monoisotopic (exact) mass is 529 g/mol. The molecule has 3 aromatic carbocycles. The van der Waals surface area contributed by atoms with Crippen LogP contribution in [0, 0.1) is 5.82 Å². The molecule has 4 aromatic rings. The number of para-hydroxylation sites is 1. The molecule has 8 heteroatoms. The topological polar surface area (TPSA) is 47.4 Å². The number of thioether (sulfide) groups is 1. The third kappa shape index (κ3) is 5.08. The predicted octanol–water partition coefficient (Wildman–Crippen LogP) is 7.04. The van der Waals surface area contributed by atoms with Crippen LogP contribution >= 0.6 is 24.0 Å². The van der Waals surface area contributed by atoms with Gasteiger partial charge in [0.25, 0.3) is 5.91 Å². The minimum Gasteiger partial charge on any atom is -0.491 e. The zero-order chi connectivity index (χ0) is 25.9. The van der Waals surface area contributed by atoms with Gasteiger partial charge in [0, 0.05) is 17.3 Å². The van der Waals surface area contributed by atoms with Crippen molar-refractivity contribution in [2.75, 3.05) is 6.61 Å². The fourth-order valence-electron chi connectivity index (χ4n) is 4.19. The third-order valence-electron chi connectivity index (χ3n) is 6.05. The summed E-state index contributed by atoms with van der Waals surface area (Å²) >= 11 is 6.85. The van der Waals surface area contributed by atoms with Crippen LogP contribution in [0.25, 0.3) is 23.0 Å². The van der Waals surface area contributed by atoms with Gasteiger partial charge in [-0.1, -0.05) is 72.5 Å². The molecule has 186 valence electrons. The smallest absolute Gasteiger partial charge is 0.266 e. The molecule has 1 fully saturated rings. The SMILES string of the molecule is CCOc1ccc(-c2nn(-c3ccccc3)cc2C=C2SC(=S)N(C(C)c3ccccc3)C2=O)cc1F. The highest BCUT2D eigenvalue weighted by molar-refractivity contribution is 8.26. The first kappa shape index (κ1) is 24.9. The van der Waals surface area contributed by atoms with E-state index in [1.165, 1.54) is 17.8 Å². The molecule has 0 radical (unpaired) electrons. The van der Waals surface area contributed by atoms with Crippen LogP contribution in [-0.4, -0.2) is 31.5 Å². The molecule has 1 amide bonds. The van der Waals surface area contributed by atoms with Crippen molar-refractivity contribution in [2.45, 2.75) is 19.9 Å². The Morgan fingerprint density at radius 2 is 1.78 bits per heavy atom. The van der Waals surface area contributed by atoms with Gasteiger partial charge in [-0.3, -0.25) is 9.69 Å². The standard InChI is InChI=1S/C29H24FN3O2S2/c1-3-35-25-15-14-21(16-24(25)30)27-22(18-32(31-27)23-12-8-5-9-13-23)17-26-28(34)33(29(36)37-26)19(2)20-10-6-4-7-11-20/h4-19H,3H2,1-2H3. The largest absolute Gasteiger partial charge is 0.491 e. The number of ether oxygens (including phenoxy) is 1. The molecular weight excluding hydrogens is 505 g/mol. The average molecular weight is 530 g/mol. The first-order valence-corrected chi connectivity index (χ1v) is 13.1. The second-order valence-corrected chi connectivity index (χ2v) is 10.1. The lowest BCUT2D eigenvalue weighted by Gasteiger charge is -2.23. The normalized spacial score (nSPS) is 15.4. The highest BCUT2D eigenvalue weighted by Gasteiger charge is 2.36. The van der Waals surface area contributed by atoms with E-state index in [0.717, 1.165) is 11.3 Å². The van der Waals surface area contributed by atoms with E-state index >= 15 is 0 Å².